The van der Waals surface area contributed by atoms with Gasteiger partial charge in [-0.25, -0.2) is 4.98 Å². The van der Waals surface area contributed by atoms with Crippen molar-refractivity contribution in [3.63, 3.8) is 0 Å². The van der Waals surface area contributed by atoms with Crippen LogP contribution in [-0.4, -0.2) is 4.98 Å². The zero-order valence-corrected chi connectivity index (χ0v) is 15.3. The SMILES string of the molecule is Ic1nc2cccc(I)c2c(I)c1I. The Hall–Kier alpha value is 1.55. The first-order valence-electron chi connectivity index (χ1n) is 3.70. The minimum absolute atomic E-state index is 1.09. The number of fused-ring (bicyclic) bond motifs is 1. The van der Waals surface area contributed by atoms with Gasteiger partial charge in [0, 0.05) is 12.5 Å². The molecule has 1 aromatic heterocycles. The van der Waals surface area contributed by atoms with Crippen LogP contribution >= 0.6 is 90.4 Å². The van der Waals surface area contributed by atoms with Crippen LogP contribution in [0.2, 0.25) is 0 Å². The van der Waals surface area contributed by atoms with E-state index in [1.807, 2.05) is 0 Å². The molecule has 14 heavy (non-hydrogen) atoms. The number of pyridine rings is 1. The summed E-state index contributed by atoms with van der Waals surface area (Å²) < 4.78 is 4.91. The van der Waals surface area contributed by atoms with Gasteiger partial charge >= 0.3 is 0 Å². The molecule has 0 bridgehead atoms. The van der Waals surface area contributed by atoms with Crippen molar-refractivity contribution in [3.05, 3.63) is 32.6 Å². The van der Waals surface area contributed by atoms with Crippen LogP contribution in [0.25, 0.3) is 10.9 Å². The van der Waals surface area contributed by atoms with E-state index < -0.39 is 0 Å². The maximum atomic E-state index is 4.57. The fraction of sp³-hybridized carbons (Fsp3) is 0. The fourth-order valence-electron chi connectivity index (χ4n) is 1.18. The van der Waals surface area contributed by atoms with Crippen molar-refractivity contribution in [1.82, 2.24) is 4.98 Å². The molecular formula is C9H3I4N. The van der Waals surface area contributed by atoms with Gasteiger partial charge in [-0.15, -0.1) is 0 Å². The molecule has 0 spiro atoms. The van der Waals surface area contributed by atoms with Gasteiger partial charge in [0.2, 0.25) is 0 Å². The van der Waals surface area contributed by atoms with Crippen LogP contribution in [0, 0.1) is 14.4 Å². The van der Waals surface area contributed by atoms with E-state index in [0.717, 1.165) is 9.22 Å². The molecular weight excluding hydrogens is 630 g/mol. The maximum Gasteiger partial charge on any atom is 0.116 e. The summed E-state index contributed by atoms with van der Waals surface area (Å²) >= 11 is 9.40. The first-order chi connectivity index (χ1) is 6.61. The molecule has 0 fully saturated rings. The number of aromatic nitrogens is 1. The predicted octanol–water partition coefficient (Wildman–Crippen LogP) is 4.65. The van der Waals surface area contributed by atoms with E-state index in [-0.39, 0.29) is 0 Å². The summed E-state index contributed by atoms with van der Waals surface area (Å²) in [4.78, 5) is 4.57. The zero-order valence-electron chi connectivity index (χ0n) is 6.69. The Labute approximate surface area is 136 Å². The lowest BCUT2D eigenvalue weighted by atomic mass is 10.2. The van der Waals surface area contributed by atoms with E-state index in [4.69, 9.17) is 0 Å². The summed E-state index contributed by atoms with van der Waals surface area (Å²) in [6.07, 6.45) is 0. The third kappa shape index (κ3) is 2.14. The van der Waals surface area contributed by atoms with Crippen molar-refractivity contribution in [3.8, 4) is 0 Å². The highest BCUT2D eigenvalue weighted by molar-refractivity contribution is 14.1. The molecule has 0 aliphatic rings. The average molecular weight is 633 g/mol. The smallest absolute Gasteiger partial charge is 0.116 e. The topological polar surface area (TPSA) is 12.9 Å². The number of halogens is 4. The number of hydrogen-bond acceptors (Lipinski definition) is 1. The molecule has 5 heteroatoms. The highest BCUT2D eigenvalue weighted by Gasteiger charge is 2.10. The normalized spacial score (nSPS) is 10.9. The second-order valence-electron chi connectivity index (χ2n) is 2.66. The number of nitrogens with zero attached hydrogens (tertiary/aromatic N) is 1. The third-order valence-electron chi connectivity index (χ3n) is 1.80. The summed E-state index contributed by atoms with van der Waals surface area (Å²) in [5.41, 5.74) is 1.09. The molecule has 0 unspecified atom stereocenters. The Balaban J connectivity index is 2.99. The van der Waals surface area contributed by atoms with Crippen LogP contribution in [0.5, 0.6) is 0 Å². The molecule has 2 rings (SSSR count). The summed E-state index contributed by atoms with van der Waals surface area (Å²) in [7, 11) is 0. The first-order valence-corrected chi connectivity index (χ1v) is 8.01. The monoisotopic (exact) mass is 633 g/mol. The van der Waals surface area contributed by atoms with Crippen LogP contribution in [-0.2, 0) is 0 Å². The van der Waals surface area contributed by atoms with Gasteiger partial charge < -0.3 is 0 Å². The molecule has 1 nitrogen and oxygen atoms in total. The van der Waals surface area contributed by atoms with Gasteiger partial charge in [0.25, 0.3) is 0 Å². The van der Waals surface area contributed by atoms with Crippen molar-refractivity contribution in [2.24, 2.45) is 0 Å². The van der Waals surface area contributed by atoms with Crippen molar-refractivity contribution < 1.29 is 0 Å². The molecule has 0 radical (unpaired) electrons. The van der Waals surface area contributed by atoms with Gasteiger partial charge in [0.05, 0.1) is 9.09 Å². The van der Waals surface area contributed by atoms with Crippen LogP contribution in [0.4, 0.5) is 0 Å². The quantitative estimate of drug-likeness (QED) is 0.305. The minimum atomic E-state index is 1.09. The Bertz CT molecular complexity index is 510. The Morgan fingerprint density at radius 1 is 0.929 bits per heavy atom. The predicted molar refractivity (Wildman–Crippen MR) is 92.6 cm³/mol. The van der Waals surface area contributed by atoms with Crippen molar-refractivity contribution in [2.75, 3.05) is 0 Å². The lowest BCUT2D eigenvalue weighted by molar-refractivity contribution is 1.30. The third-order valence-corrected chi connectivity index (χ3v) is 7.68. The van der Waals surface area contributed by atoms with Crippen LogP contribution in [0.1, 0.15) is 0 Å². The van der Waals surface area contributed by atoms with Crippen LogP contribution < -0.4 is 0 Å². The zero-order chi connectivity index (χ0) is 10.3. The molecule has 0 amide bonds. The molecule has 0 aliphatic carbocycles. The van der Waals surface area contributed by atoms with E-state index in [9.17, 15) is 0 Å². The van der Waals surface area contributed by atoms with Gasteiger partial charge in [-0.2, -0.15) is 0 Å². The highest BCUT2D eigenvalue weighted by atomic mass is 127. The lowest BCUT2D eigenvalue weighted by Gasteiger charge is -2.06. The molecule has 72 valence electrons. The van der Waals surface area contributed by atoms with E-state index >= 15 is 0 Å². The van der Waals surface area contributed by atoms with E-state index in [0.29, 0.717) is 0 Å². The van der Waals surface area contributed by atoms with Crippen molar-refractivity contribution in [1.29, 1.82) is 0 Å². The molecule has 1 heterocycles. The molecule has 0 saturated heterocycles. The second-order valence-corrected chi connectivity index (χ2v) is 7.01. The number of hydrogen-bond donors (Lipinski definition) is 0. The van der Waals surface area contributed by atoms with Crippen molar-refractivity contribution in [2.45, 2.75) is 0 Å². The minimum Gasteiger partial charge on any atom is -0.241 e. The van der Waals surface area contributed by atoms with Crippen molar-refractivity contribution >= 4 is 101 Å². The van der Waals surface area contributed by atoms with E-state index in [1.54, 1.807) is 0 Å². The maximum absolute atomic E-state index is 4.57. The summed E-state index contributed by atoms with van der Waals surface area (Å²) in [6.45, 7) is 0. The number of rotatable bonds is 0. The van der Waals surface area contributed by atoms with Gasteiger partial charge in [-0.1, -0.05) is 6.07 Å². The fourth-order valence-corrected chi connectivity index (χ4v) is 4.71. The molecule has 2 aromatic rings. The molecule has 0 aliphatic heterocycles. The van der Waals surface area contributed by atoms with E-state index in [2.05, 4.69) is 114 Å². The summed E-state index contributed by atoms with van der Waals surface area (Å²) in [5, 5.41) is 1.28. The second kappa shape index (κ2) is 4.82. The summed E-state index contributed by atoms with van der Waals surface area (Å²) in [6, 6.07) is 6.24. The average Bonchev–Trinajstić information content (AvgIpc) is 2.14. The highest BCUT2D eigenvalue weighted by Crippen LogP contribution is 2.30. The molecule has 0 saturated carbocycles. The standard InChI is InChI=1S/C9H3I4N/c10-4-2-1-3-5-6(4)7(11)8(12)9(13)14-5/h1-3H. The molecule has 1 aromatic carbocycles. The van der Waals surface area contributed by atoms with Gasteiger partial charge in [-0.3, -0.25) is 0 Å². The van der Waals surface area contributed by atoms with Gasteiger partial charge in [0.1, 0.15) is 3.70 Å². The summed E-state index contributed by atoms with van der Waals surface area (Å²) in [5.74, 6) is 0. The van der Waals surface area contributed by atoms with Crippen LogP contribution in [0.3, 0.4) is 0 Å². The first kappa shape index (κ1) is 12.0. The molecule has 0 N–H and O–H groups in total. The Morgan fingerprint density at radius 2 is 1.64 bits per heavy atom. The van der Waals surface area contributed by atoms with Gasteiger partial charge in [0.15, 0.2) is 0 Å². The largest absolute Gasteiger partial charge is 0.241 e. The Morgan fingerprint density at radius 3 is 2.36 bits per heavy atom. The van der Waals surface area contributed by atoms with E-state index in [1.165, 1.54) is 16.1 Å². The number of benzene rings is 1. The van der Waals surface area contributed by atoms with Gasteiger partial charge in [-0.05, 0) is 102 Å². The molecule has 0 atom stereocenters. The van der Waals surface area contributed by atoms with Crippen LogP contribution in [0.15, 0.2) is 18.2 Å². The Kier molecular flexibility index (Phi) is 4.14. The lowest BCUT2D eigenvalue weighted by Crippen LogP contribution is -1.94.